The standard InChI is InChI=1S/C30H32BrCl2N3O4/c1-5-39-25-11-18(10-21(31)28(25)40-16-17-6-7-19(32)12-22(17)33)26-20(15-34)29(35)36(8-9-38-4)23-13-30(2,3)14-24(37)27(23)26/h6-7,10-12,26H,5,8-9,13-14,16,35H2,1-4H3/t26-/m0/s1. The van der Waals surface area contributed by atoms with Gasteiger partial charge >= 0.3 is 0 Å². The maximum atomic E-state index is 13.7. The number of nitriles is 1. The lowest BCUT2D eigenvalue weighted by Crippen LogP contribution is -2.43. The number of hydrogen-bond acceptors (Lipinski definition) is 7. The smallest absolute Gasteiger partial charge is 0.175 e. The number of Topliss-reactive ketones (excluding diaryl/α,β-unsaturated/α-hetero) is 1. The lowest BCUT2D eigenvalue weighted by atomic mass is 9.68. The predicted octanol–water partition coefficient (Wildman–Crippen LogP) is 7.12. The highest BCUT2D eigenvalue weighted by Gasteiger charge is 2.44. The number of ketones is 1. The van der Waals surface area contributed by atoms with E-state index in [2.05, 4.69) is 35.8 Å². The summed E-state index contributed by atoms with van der Waals surface area (Å²) in [6, 6.07) is 11.2. The van der Waals surface area contributed by atoms with Gasteiger partial charge in [-0.25, -0.2) is 0 Å². The molecule has 212 valence electrons. The van der Waals surface area contributed by atoms with E-state index in [0.717, 1.165) is 11.3 Å². The zero-order valence-electron chi connectivity index (χ0n) is 22.9. The second-order valence-corrected chi connectivity index (χ2v) is 12.3. The fraction of sp³-hybridized carbons (Fsp3) is 0.400. The van der Waals surface area contributed by atoms with Gasteiger partial charge in [-0.2, -0.15) is 5.26 Å². The van der Waals surface area contributed by atoms with E-state index in [9.17, 15) is 10.1 Å². The van der Waals surface area contributed by atoms with Crippen LogP contribution in [-0.4, -0.2) is 37.6 Å². The van der Waals surface area contributed by atoms with Gasteiger partial charge in [0.1, 0.15) is 12.4 Å². The summed E-state index contributed by atoms with van der Waals surface area (Å²) < 4.78 is 18.1. The van der Waals surface area contributed by atoms with E-state index >= 15 is 0 Å². The molecule has 1 heterocycles. The number of carbonyl (C=O) groups is 1. The van der Waals surface area contributed by atoms with Crippen molar-refractivity contribution in [3.63, 3.8) is 0 Å². The summed E-state index contributed by atoms with van der Waals surface area (Å²) in [5.41, 5.74) is 9.62. The fourth-order valence-corrected chi connectivity index (χ4v) is 6.33. The monoisotopic (exact) mass is 647 g/mol. The molecule has 0 saturated heterocycles. The number of hydrogen-bond donors (Lipinski definition) is 1. The van der Waals surface area contributed by atoms with E-state index < -0.39 is 5.92 Å². The molecule has 0 spiro atoms. The van der Waals surface area contributed by atoms with Crippen molar-refractivity contribution in [2.24, 2.45) is 11.1 Å². The molecule has 0 fully saturated rings. The van der Waals surface area contributed by atoms with Crippen LogP contribution in [0.15, 0.2) is 57.5 Å². The van der Waals surface area contributed by atoms with Gasteiger partial charge in [0, 0.05) is 47.0 Å². The first-order valence-electron chi connectivity index (χ1n) is 13.0. The Labute approximate surface area is 253 Å². The molecule has 2 aliphatic rings. The quantitative estimate of drug-likeness (QED) is 0.309. The number of nitrogens with zero attached hydrogens (tertiary/aromatic N) is 2. The maximum Gasteiger partial charge on any atom is 0.175 e. The third-order valence-electron chi connectivity index (χ3n) is 7.06. The zero-order chi connectivity index (χ0) is 29.2. The highest BCUT2D eigenvalue weighted by Crippen LogP contribution is 2.51. The molecule has 0 bridgehead atoms. The van der Waals surface area contributed by atoms with Gasteiger partial charge < -0.3 is 24.8 Å². The lowest BCUT2D eigenvalue weighted by molar-refractivity contribution is -0.118. The predicted molar refractivity (Wildman–Crippen MR) is 159 cm³/mol. The molecule has 0 radical (unpaired) electrons. The van der Waals surface area contributed by atoms with E-state index in [1.165, 1.54) is 0 Å². The van der Waals surface area contributed by atoms with Crippen LogP contribution in [0, 0.1) is 16.7 Å². The minimum atomic E-state index is -0.641. The largest absolute Gasteiger partial charge is 0.490 e. The average molecular weight is 649 g/mol. The summed E-state index contributed by atoms with van der Waals surface area (Å²) in [5.74, 6) is 0.652. The van der Waals surface area contributed by atoms with Crippen LogP contribution < -0.4 is 15.2 Å². The third-order valence-corrected chi connectivity index (χ3v) is 8.23. The Morgan fingerprint density at radius 3 is 2.60 bits per heavy atom. The second kappa shape index (κ2) is 12.4. The van der Waals surface area contributed by atoms with Crippen LogP contribution >= 0.6 is 39.1 Å². The molecule has 1 aliphatic heterocycles. The number of carbonyl (C=O) groups excluding carboxylic acids is 1. The van der Waals surface area contributed by atoms with Gasteiger partial charge in [-0.1, -0.05) is 43.1 Å². The molecule has 1 aliphatic carbocycles. The number of benzene rings is 2. The highest BCUT2D eigenvalue weighted by molar-refractivity contribution is 9.10. The Balaban J connectivity index is 1.81. The van der Waals surface area contributed by atoms with E-state index in [0.29, 0.717) is 81.1 Å². The lowest BCUT2D eigenvalue weighted by Gasteiger charge is -2.43. The van der Waals surface area contributed by atoms with Gasteiger partial charge in [-0.05, 0) is 64.5 Å². The summed E-state index contributed by atoms with van der Waals surface area (Å²) in [6.45, 7) is 7.43. The summed E-state index contributed by atoms with van der Waals surface area (Å²) in [7, 11) is 1.61. The van der Waals surface area contributed by atoms with Crippen molar-refractivity contribution in [2.45, 2.75) is 46.1 Å². The van der Waals surface area contributed by atoms with Gasteiger partial charge in [0.05, 0.1) is 35.2 Å². The number of allylic oxidation sites excluding steroid dienone is 3. The van der Waals surface area contributed by atoms with E-state index in [1.807, 2.05) is 30.0 Å². The molecule has 1 atom stereocenters. The number of nitrogens with two attached hydrogens (primary N) is 1. The first-order chi connectivity index (χ1) is 19.0. The molecule has 0 aromatic heterocycles. The van der Waals surface area contributed by atoms with Crippen molar-refractivity contribution >= 4 is 44.9 Å². The van der Waals surface area contributed by atoms with Crippen LogP contribution in [0.1, 0.15) is 50.7 Å². The molecule has 2 N–H and O–H groups in total. The van der Waals surface area contributed by atoms with Gasteiger partial charge in [0.2, 0.25) is 0 Å². The zero-order valence-corrected chi connectivity index (χ0v) is 26.0. The minimum Gasteiger partial charge on any atom is -0.490 e. The van der Waals surface area contributed by atoms with Crippen molar-refractivity contribution in [1.29, 1.82) is 5.26 Å². The molecule has 10 heteroatoms. The van der Waals surface area contributed by atoms with Crippen LogP contribution in [0.25, 0.3) is 0 Å². The molecular formula is C30H32BrCl2N3O4. The Bertz CT molecular complexity index is 1430. The average Bonchev–Trinajstić information content (AvgIpc) is 2.87. The Kier molecular flexibility index (Phi) is 9.41. The van der Waals surface area contributed by atoms with Crippen LogP contribution in [0.3, 0.4) is 0 Å². The molecular weight excluding hydrogens is 617 g/mol. The minimum absolute atomic E-state index is 0.00528. The van der Waals surface area contributed by atoms with E-state index in [4.69, 9.17) is 43.1 Å². The molecule has 7 nitrogen and oxygen atoms in total. The second-order valence-electron chi connectivity index (χ2n) is 10.6. The highest BCUT2D eigenvalue weighted by atomic mass is 79.9. The van der Waals surface area contributed by atoms with Crippen LogP contribution in [0.5, 0.6) is 11.5 Å². The summed E-state index contributed by atoms with van der Waals surface area (Å²) in [4.78, 5) is 15.6. The molecule has 0 saturated carbocycles. The van der Waals surface area contributed by atoms with Crippen LogP contribution in [-0.2, 0) is 16.1 Å². The van der Waals surface area contributed by atoms with Crippen molar-refractivity contribution < 1.29 is 19.0 Å². The normalized spacial score (nSPS) is 18.5. The van der Waals surface area contributed by atoms with Gasteiger partial charge in [-0.15, -0.1) is 0 Å². The number of rotatable bonds is 9. The van der Waals surface area contributed by atoms with Crippen LogP contribution in [0.4, 0.5) is 0 Å². The van der Waals surface area contributed by atoms with Crippen molar-refractivity contribution in [1.82, 2.24) is 4.90 Å². The molecule has 4 rings (SSSR count). The first kappa shape index (κ1) is 30.3. The Hall–Kier alpha value is -2.70. The topological polar surface area (TPSA) is 97.8 Å². The van der Waals surface area contributed by atoms with Crippen molar-refractivity contribution in [3.8, 4) is 17.6 Å². The number of halogens is 3. The SMILES string of the molecule is CCOc1cc([C@H]2C(C#N)=C(N)N(CCOC)C3=C2C(=O)CC(C)(C)C3)cc(Br)c1OCc1ccc(Cl)cc1Cl. The van der Waals surface area contributed by atoms with Crippen molar-refractivity contribution in [2.75, 3.05) is 26.9 Å². The third kappa shape index (κ3) is 6.13. The molecule has 2 aromatic carbocycles. The summed E-state index contributed by atoms with van der Waals surface area (Å²) in [6.07, 6.45) is 1.03. The van der Waals surface area contributed by atoms with Gasteiger partial charge in [0.25, 0.3) is 0 Å². The number of methoxy groups -OCH3 is 1. The van der Waals surface area contributed by atoms with E-state index in [-0.39, 0.29) is 17.8 Å². The molecule has 40 heavy (non-hydrogen) atoms. The molecule has 0 unspecified atom stereocenters. The molecule has 2 aromatic rings. The van der Waals surface area contributed by atoms with Crippen molar-refractivity contribution in [3.05, 3.63) is 78.6 Å². The first-order valence-corrected chi connectivity index (χ1v) is 14.5. The Morgan fingerprint density at radius 2 is 1.95 bits per heavy atom. The van der Waals surface area contributed by atoms with Gasteiger partial charge in [-0.3, -0.25) is 4.79 Å². The Morgan fingerprint density at radius 1 is 1.20 bits per heavy atom. The van der Waals surface area contributed by atoms with Crippen LogP contribution in [0.2, 0.25) is 10.0 Å². The number of ether oxygens (including phenoxy) is 3. The summed E-state index contributed by atoms with van der Waals surface area (Å²) in [5, 5.41) is 11.3. The molecule has 0 amide bonds. The van der Waals surface area contributed by atoms with E-state index in [1.54, 1.807) is 19.2 Å². The summed E-state index contributed by atoms with van der Waals surface area (Å²) >= 11 is 16.0. The fourth-order valence-electron chi connectivity index (χ4n) is 5.29. The van der Waals surface area contributed by atoms with Gasteiger partial charge in [0.15, 0.2) is 17.3 Å². The maximum absolute atomic E-state index is 13.7.